The molecule has 0 saturated carbocycles. The fourth-order valence-electron chi connectivity index (χ4n) is 0.424. The smallest absolute Gasteiger partial charge is 0.0645 e. The lowest BCUT2D eigenvalue weighted by atomic mass is 10.2. The molecule has 2 radical (unpaired) electrons. The van der Waals surface area contributed by atoms with Crippen molar-refractivity contribution >= 4 is 6.21 Å². The van der Waals surface area contributed by atoms with Crippen molar-refractivity contribution in [1.82, 2.24) is 0 Å². The van der Waals surface area contributed by atoms with Gasteiger partial charge in [-0.25, -0.2) is 0 Å². The summed E-state index contributed by atoms with van der Waals surface area (Å²) in [6.45, 7) is 7.54. The van der Waals surface area contributed by atoms with Crippen LogP contribution in [0.15, 0.2) is 22.7 Å². The van der Waals surface area contributed by atoms with Crippen molar-refractivity contribution in [2.24, 2.45) is 4.99 Å². The van der Waals surface area contributed by atoms with E-state index in [2.05, 4.69) is 4.99 Å². The summed E-state index contributed by atoms with van der Waals surface area (Å²) in [4.78, 5) is 3.82. The third kappa shape index (κ3) is 1.000. The lowest BCUT2D eigenvalue weighted by Crippen LogP contribution is -1.87. The van der Waals surface area contributed by atoms with Gasteiger partial charge in [0.1, 0.15) is 0 Å². The quantitative estimate of drug-likeness (QED) is 0.419. The van der Waals surface area contributed by atoms with E-state index in [1.807, 2.05) is 0 Å². The molecular formula is C6H5N. The van der Waals surface area contributed by atoms with Crippen LogP contribution in [0.4, 0.5) is 0 Å². The summed E-state index contributed by atoms with van der Waals surface area (Å²) in [5.74, 6) is 0. The summed E-state index contributed by atoms with van der Waals surface area (Å²) in [6, 6.07) is 0. The van der Waals surface area contributed by atoms with Gasteiger partial charge in [0, 0.05) is 6.21 Å². The molecule has 0 unspecified atom stereocenters. The van der Waals surface area contributed by atoms with Crippen molar-refractivity contribution in [3.05, 3.63) is 24.3 Å². The van der Waals surface area contributed by atoms with Crippen LogP contribution in [0.1, 0.15) is 0 Å². The third-order valence-corrected chi connectivity index (χ3v) is 0.751. The molecule has 1 nitrogen and oxygen atoms in total. The Morgan fingerprint density at radius 1 is 1.71 bits per heavy atom. The van der Waals surface area contributed by atoms with Crippen LogP contribution in [-0.4, -0.2) is 12.8 Å². The molecule has 7 heavy (non-hydrogen) atoms. The predicted octanol–water partition coefficient (Wildman–Crippen LogP) is 0.863. The van der Waals surface area contributed by atoms with E-state index in [0.29, 0.717) is 12.1 Å². The average Bonchev–Trinajstić information content (AvgIpc) is 1.69. The first kappa shape index (κ1) is 4.31. The Bertz CT molecular complexity index is 131. The Labute approximate surface area is 43.1 Å². The minimum Gasteiger partial charge on any atom is -0.288 e. The van der Waals surface area contributed by atoms with Gasteiger partial charge in [-0.2, -0.15) is 0 Å². The molecule has 0 N–H and O–H groups in total. The van der Waals surface area contributed by atoms with E-state index in [4.69, 9.17) is 6.58 Å². The number of rotatable bonds is 0. The molecule has 0 bridgehead atoms. The van der Waals surface area contributed by atoms with Crippen molar-refractivity contribution in [3.63, 3.8) is 0 Å². The number of allylic oxidation sites excluding steroid dienone is 1. The lowest BCUT2D eigenvalue weighted by molar-refractivity contribution is 1.18. The second kappa shape index (κ2) is 1.73. The van der Waals surface area contributed by atoms with Crippen LogP contribution in [0.5, 0.6) is 0 Å². The van der Waals surface area contributed by atoms with E-state index < -0.39 is 0 Å². The van der Waals surface area contributed by atoms with Crippen molar-refractivity contribution in [1.29, 1.82) is 0 Å². The van der Waals surface area contributed by atoms with Gasteiger partial charge >= 0.3 is 0 Å². The van der Waals surface area contributed by atoms with Gasteiger partial charge in [-0.1, -0.05) is 6.08 Å². The molecular weight excluding hydrogens is 86.1 g/mol. The van der Waals surface area contributed by atoms with Gasteiger partial charge in [0.15, 0.2) is 0 Å². The summed E-state index contributed by atoms with van der Waals surface area (Å²) >= 11 is 0. The topological polar surface area (TPSA) is 12.4 Å². The van der Waals surface area contributed by atoms with E-state index in [1.54, 1.807) is 18.4 Å². The highest BCUT2D eigenvalue weighted by Crippen LogP contribution is 1.95. The van der Waals surface area contributed by atoms with Crippen LogP contribution >= 0.6 is 0 Å². The number of aliphatic imine (C=N–C) groups is 1. The van der Waals surface area contributed by atoms with Crippen LogP contribution in [0.2, 0.25) is 0 Å². The highest BCUT2D eigenvalue weighted by Gasteiger charge is 1.86. The highest BCUT2D eigenvalue weighted by atomic mass is 14.7. The molecule has 1 heteroatoms. The summed E-state index contributed by atoms with van der Waals surface area (Å²) in [7, 11) is 0. The molecule has 0 aromatic heterocycles. The zero-order valence-corrected chi connectivity index (χ0v) is 3.89. The SMILES string of the molecule is [C]=C1C=CC=NC1. The summed E-state index contributed by atoms with van der Waals surface area (Å²) in [5.41, 5.74) is 0.586. The van der Waals surface area contributed by atoms with E-state index in [-0.39, 0.29) is 0 Å². The van der Waals surface area contributed by atoms with Crippen LogP contribution in [0.3, 0.4) is 0 Å². The maximum Gasteiger partial charge on any atom is 0.0645 e. The van der Waals surface area contributed by atoms with Crippen LogP contribution in [0, 0.1) is 6.58 Å². The molecule has 0 fully saturated rings. The van der Waals surface area contributed by atoms with Crippen molar-refractivity contribution in [2.45, 2.75) is 0 Å². The fraction of sp³-hybridized carbons (Fsp3) is 0.167. The fourth-order valence-corrected chi connectivity index (χ4v) is 0.424. The molecule has 1 aliphatic heterocycles. The number of dihydropyridines is 1. The van der Waals surface area contributed by atoms with Gasteiger partial charge < -0.3 is 0 Å². The Balaban J connectivity index is 2.66. The van der Waals surface area contributed by atoms with Gasteiger partial charge in [-0.05, 0) is 18.2 Å². The molecule has 0 saturated heterocycles. The molecule has 1 heterocycles. The Hall–Kier alpha value is -0.850. The van der Waals surface area contributed by atoms with E-state index >= 15 is 0 Å². The summed E-state index contributed by atoms with van der Waals surface area (Å²) in [5, 5.41) is 0. The zero-order chi connectivity index (χ0) is 5.11. The minimum absolute atomic E-state index is 0.552. The average molecular weight is 91.1 g/mol. The second-order valence-electron chi connectivity index (χ2n) is 1.37. The first-order chi connectivity index (χ1) is 3.39. The molecule has 34 valence electrons. The number of nitrogens with zero attached hydrogens (tertiary/aromatic N) is 1. The normalized spacial score (nSPS) is 18.0. The molecule has 0 atom stereocenters. The van der Waals surface area contributed by atoms with Gasteiger partial charge in [0.25, 0.3) is 0 Å². The molecule has 0 aromatic carbocycles. The third-order valence-electron chi connectivity index (χ3n) is 0.751. The van der Waals surface area contributed by atoms with Crippen molar-refractivity contribution in [3.8, 4) is 0 Å². The Kier molecular flexibility index (Phi) is 1.07. The molecule has 0 aliphatic carbocycles. The Morgan fingerprint density at radius 3 is 2.86 bits per heavy atom. The molecule has 0 spiro atoms. The maximum absolute atomic E-state index is 6.99. The summed E-state index contributed by atoms with van der Waals surface area (Å²) < 4.78 is 0. The second-order valence-corrected chi connectivity index (χ2v) is 1.37. The van der Waals surface area contributed by atoms with Crippen LogP contribution in [0.25, 0.3) is 0 Å². The highest BCUT2D eigenvalue weighted by molar-refractivity contribution is 5.73. The van der Waals surface area contributed by atoms with Crippen LogP contribution in [-0.2, 0) is 0 Å². The maximum atomic E-state index is 6.99. The van der Waals surface area contributed by atoms with E-state index in [9.17, 15) is 0 Å². The predicted molar refractivity (Wildman–Crippen MR) is 29.3 cm³/mol. The van der Waals surface area contributed by atoms with Crippen molar-refractivity contribution in [2.75, 3.05) is 6.54 Å². The monoisotopic (exact) mass is 91.0 g/mol. The van der Waals surface area contributed by atoms with Gasteiger partial charge in [-0.3, -0.25) is 4.99 Å². The first-order valence-corrected chi connectivity index (χ1v) is 2.13. The zero-order valence-electron chi connectivity index (χ0n) is 3.89. The van der Waals surface area contributed by atoms with E-state index in [0.717, 1.165) is 0 Å². The largest absolute Gasteiger partial charge is 0.288 e. The van der Waals surface area contributed by atoms with E-state index in [1.165, 1.54) is 0 Å². The van der Waals surface area contributed by atoms with Gasteiger partial charge in [0.2, 0.25) is 0 Å². The molecule has 0 amide bonds. The molecule has 1 aliphatic rings. The van der Waals surface area contributed by atoms with Crippen LogP contribution < -0.4 is 0 Å². The Morgan fingerprint density at radius 2 is 2.57 bits per heavy atom. The lowest BCUT2D eigenvalue weighted by Gasteiger charge is -1.93. The standard InChI is InChI=1S/C6H5N/c1-6-3-2-4-7-5-6/h2-4H,5H2. The molecule has 0 aromatic rings. The minimum atomic E-state index is 0.552. The first-order valence-electron chi connectivity index (χ1n) is 2.13. The molecule has 1 rings (SSSR count). The van der Waals surface area contributed by atoms with Gasteiger partial charge in [0.05, 0.1) is 6.54 Å². The van der Waals surface area contributed by atoms with Crippen molar-refractivity contribution < 1.29 is 0 Å². The van der Waals surface area contributed by atoms with Gasteiger partial charge in [-0.15, -0.1) is 0 Å². The summed E-state index contributed by atoms with van der Waals surface area (Å²) in [6.07, 6.45) is 5.22. The number of hydrogen-bond donors (Lipinski definition) is 0. The number of hydrogen-bond acceptors (Lipinski definition) is 1.